The number of likely N-dealkylation sites (tertiary alicyclic amines) is 1. The minimum absolute atomic E-state index is 0.0296. The minimum atomic E-state index is -3.83. The fraction of sp³-hybridized carbons (Fsp3) is 0.533. The van der Waals surface area contributed by atoms with Gasteiger partial charge in [0, 0.05) is 31.3 Å². The first kappa shape index (κ1) is 32.4. The monoisotopic (exact) mass is 604 g/mol. The van der Waals surface area contributed by atoms with E-state index in [0.717, 1.165) is 19.9 Å². The number of likely N-dealkylation sites (N-methyl/N-ethyl adjacent to an activating group) is 1. The van der Waals surface area contributed by atoms with Crippen molar-refractivity contribution in [1.82, 2.24) is 24.8 Å². The minimum Gasteiger partial charge on any atom is -0.481 e. The van der Waals surface area contributed by atoms with Crippen LogP contribution in [0.25, 0.3) is 11.0 Å². The largest absolute Gasteiger partial charge is 0.481 e. The van der Waals surface area contributed by atoms with Crippen molar-refractivity contribution >= 4 is 22.8 Å². The number of nitrogens with zero attached hydrogens (tertiary/aromatic N) is 5. The average Bonchev–Trinajstić information content (AvgIpc) is 2.95. The molecule has 1 atom stereocenters. The summed E-state index contributed by atoms with van der Waals surface area (Å²) >= 11 is 0. The number of carbonyl (C=O) groups is 1. The highest BCUT2D eigenvalue weighted by molar-refractivity contribution is 5.88. The van der Waals surface area contributed by atoms with Gasteiger partial charge in [-0.2, -0.15) is 13.8 Å². The van der Waals surface area contributed by atoms with Crippen LogP contribution >= 0.6 is 0 Å². The van der Waals surface area contributed by atoms with Gasteiger partial charge in [-0.1, -0.05) is 12.1 Å². The molecule has 3 heterocycles. The van der Waals surface area contributed by atoms with Crippen molar-refractivity contribution in [2.45, 2.75) is 56.8 Å². The van der Waals surface area contributed by atoms with Gasteiger partial charge >= 0.3 is 5.92 Å². The van der Waals surface area contributed by atoms with Crippen molar-refractivity contribution in [3.05, 3.63) is 53.1 Å². The van der Waals surface area contributed by atoms with E-state index < -0.39 is 34.5 Å². The summed E-state index contributed by atoms with van der Waals surface area (Å²) in [5, 5.41) is 13.6. The molecule has 0 aliphatic carbocycles. The number of benzene rings is 1. The SMILES string of the molecule is COc1nc2ncnc(N[C@H](C)c3cccc(C(F)(F)C(C)(C)O)c3F)c2cc1C1(OC)CCN(C(=O)CN(C)C)CC1. The predicted molar refractivity (Wildman–Crippen MR) is 156 cm³/mol. The van der Waals surface area contributed by atoms with E-state index >= 15 is 4.39 Å². The molecule has 0 radical (unpaired) electrons. The van der Waals surface area contributed by atoms with E-state index in [1.807, 2.05) is 25.1 Å². The third-order valence-corrected chi connectivity index (χ3v) is 7.99. The van der Waals surface area contributed by atoms with Crippen molar-refractivity contribution in [1.29, 1.82) is 0 Å². The van der Waals surface area contributed by atoms with Gasteiger partial charge in [-0.15, -0.1) is 0 Å². The maximum absolute atomic E-state index is 15.5. The summed E-state index contributed by atoms with van der Waals surface area (Å²) in [6.07, 6.45) is 2.28. The average molecular weight is 605 g/mol. The normalized spacial score (nSPS) is 16.4. The van der Waals surface area contributed by atoms with E-state index in [4.69, 9.17) is 9.47 Å². The number of hydrogen-bond acceptors (Lipinski definition) is 9. The molecule has 43 heavy (non-hydrogen) atoms. The summed E-state index contributed by atoms with van der Waals surface area (Å²) in [4.78, 5) is 29.5. The van der Waals surface area contributed by atoms with E-state index in [-0.39, 0.29) is 11.5 Å². The van der Waals surface area contributed by atoms with Crippen LogP contribution in [-0.4, -0.2) is 89.3 Å². The summed E-state index contributed by atoms with van der Waals surface area (Å²) in [6, 6.07) is 4.70. The number of methoxy groups -OCH3 is 2. The standard InChI is InChI=1S/C30H39F3N6O4/c1-18(19-9-8-10-21(24(19)31)30(32,33)28(2,3)41)36-25-20-15-22(27(42-6)37-26(20)35-17-34-25)29(43-7)11-13-39(14-12-29)23(40)16-38(4)5/h8-10,15,17-18,41H,11-14,16H2,1-7H3,(H,34,35,36,37)/t18-/m1/s1. The second-order valence-corrected chi connectivity index (χ2v) is 11.7. The highest BCUT2D eigenvalue weighted by Gasteiger charge is 2.49. The lowest BCUT2D eigenvalue weighted by molar-refractivity contribution is -0.170. The van der Waals surface area contributed by atoms with Gasteiger partial charge in [0.15, 0.2) is 5.65 Å². The highest BCUT2D eigenvalue weighted by atomic mass is 19.3. The molecule has 13 heteroatoms. The summed E-state index contributed by atoms with van der Waals surface area (Å²) in [5.41, 5.74) is -3.27. The number of anilines is 1. The van der Waals surface area contributed by atoms with Crippen LogP contribution in [0.15, 0.2) is 30.6 Å². The number of alkyl halides is 2. The number of hydrogen-bond donors (Lipinski definition) is 2. The predicted octanol–water partition coefficient (Wildman–Crippen LogP) is 4.23. The molecule has 1 amide bonds. The Labute approximate surface area is 249 Å². The van der Waals surface area contributed by atoms with Crippen LogP contribution in [0, 0.1) is 5.82 Å². The quantitative estimate of drug-likeness (QED) is 0.351. The summed E-state index contributed by atoms with van der Waals surface area (Å²) < 4.78 is 57.0. The molecule has 0 spiro atoms. The van der Waals surface area contributed by atoms with Gasteiger partial charge < -0.3 is 29.7 Å². The van der Waals surface area contributed by atoms with Gasteiger partial charge in [0.05, 0.1) is 30.6 Å². The maximum atomic E-state index is 15.5. The van der Waals surface area contributed by atoms with Crippen molar-refractivity contribution < 1.29 is 32.5 Å². The second-order valence-electron chi connectivity index (χ2n) is 11.7. The molecule has 0 saturated carbocycles. The van der Waals surface area contributed by atoms with Gasteiger partial charge in [-0.25, -0.2) is 14.4 Å². The van der Waals surface area contributed by atoms with Gasteiger partial charge in [0.25, 0.3) is 0 Å². The number of piperidine rings is 1. The first-order chi connectivity index (χ1) is 20.1. The Hall–Kier alpha value is -3.55. The Morgan fingerprint density at radius 1 is 1.21 bits per heavy atom. The highest BCUT2D eigenvalue weighted by Crippen LogP contribution is 2.43. The maximum Gasteiger partial charge on any atom is 0.303 e. The Morgan fingerprint density at radius 2 is 1.88 bits per heavy atom. The second kappa shape index (κ2) is 12.2. The molecule has 4 rings (SSSR count). The molecule has 234 valence electrons. The lowest BCUT2D eigenvalue weighted by Gasteiger charge is -2.41. The first-order valence-corrected chi connectivity index (χ1v) is 14.0. The molecule has 1 saturated heterocycles. The van der Waals surface area contributed by atoms with Gasteiger partial charge in [0.2, 0.25) is 11.8 Å². The van der Waals surface area contributed by atoms with Crippen LogP contribution in [0.2, 0.25) is 0 Å². The first-order valence-electron chi connectivity index (χ1n) is 14.0. The molecule has 2 N–H and O–H groups in total. The smallest absolute Gasteiger partial charge is 0.303 e. The van der Waals surface area contributed by atoms with E-state index in [2.05, 4.69) is 20.3 Å². The Kier molecular flexibility index (Phi) is 9.19. The summed E-state index contributed by atoms with van der Waals surface area (Å²) in [7, 11) is 6.79. The van der Waals surface area contributed by atoms with Crippen molar-refractivity contribution in [2.75, 3.05) is 53.3 Å². The fourth-order valence-electron chi connectivity index (χ4n) is 5.38. The number of pyridine rings is 1. The Morgan fingerprint density at radius 3 is 2.47 bits per heavy atom. The zero-order valence-electron chi connectivity index (χ0n) is 25.5. The number of carbonyl (C=O) groups excluding carboxylic acids is 1. The molecular formula is C30H39F3N6O4. The third-order valence-electron chi connectivity index (χ3n) is 7.99. The van der Waals surface area contributed by atoms with Crippen LogP contribution in [-0.2, 0) is 21.1 Å². The van der Waals surface area contributed by atoms with E-state index in [1.165, 1.54) is 25.6 Å². The summed E-state index contributed by atoms with van der Waals surface area (Å²) in [6.45, 7) is 4.74. The molecule has 0 bridgehead atoms. The van der Waals surface area contributed by atoms with E-state index in [9.17, 15) is 18.7 Å². The molecule has 1 aliphatic rings. The van der Waals surface area contributed by atoms with Crippen LogP contribution in [0.3, 0.4) is 0 Å². The zero-order chi connectivity index (χ0) is 31.7. The van der Waals surface area contributed by atoms with Crippen LogP contribution < -0.4 is 10.1 Å². The molecular weight excluding hydrogens is 565 g/mol. The van der Waals surface area contributed by atoms with Crippen LogP contribution in [0.5, 0.6) is 5.88 Å². The van der Waals surface area contributed by atoms with Crippen molar-refractivity contribution in [3.63, 3.8) is 0 Å². The lowest BCUT2D eigenvalue weighted by Crippen LogP contribution is -2.48. The third kappa shape index (κ3) is 6.24. The number of rotatable bonds is 10. The number of fused-ring (bicyclic) bond motifs is 1. The molecule has 1 aliphatic heterocycles. The van der Waals surface area contributed by atoms with Gasteiger partial charge in [0.1, 0.15) is 29.2 Å². The van der Waals surface area contributed by atoms with Gasteiger partial charge in [-0.3, -0.25) is 4.79 Å². The summed E-state index contributed by atoms with van der Waals surface area (Å²) in [5.74, 6) is -4.30. The van der Waals surface area contributed by atoms with Crippen LogP contribution in [0.1, 0.15) is 56.3 Å². The van der Waals surface area contributed by atoms with E-state index in [1.54, 1.807) is 18.9 Å². The van der Waals surface area contributed by atoms with Gasteiger partial charge in [-0.05, 0) is 59.8 Å². The van der Waals surface area contributed by atoms with Crippen LogP contribution in [0.4, 0.5) is 19.0 Å². The number of aromatic nitrogens is 3. The molecule has 0 unspecified atom stereocenters. The molecule has 1 fully saturated rings. The number of aliphatic hydroxyl groups is 1. The number of nitrogens with one attached hydrogen (secondary N) is 1. The lowest BCUT2D eigenvalue weighted by atomic mass is 9.84. The molecule has 10 nitrogen and oxygen atoms in total. The molecule has 1 aromatic carbocycles. The number of ether oxygens (including phenoxy) is 2. The van der Waals surface area contributed by atoms with E-state index in [0.29, 0.717) is 60.8 Å². The zero-order valence-corrected chi connectivity index (χ0v) is 25.5. The molecule has 2 aromatic heterocycles. The number of halogens is 3. The molecule has 3 aromatic rings. The van der Waals surface area contributed by atoms with Crippen molar-refractivity contribution in [2.24, 2.45) is 0 Å². The Balaban J connectivity index is 1.70. The number of amides is 1. The fourth-order valence-corrected chi connectivity index (χ4v) is 5.38. The van der Waals surface area contributed by atoms with Crippen molar-refractivity contribution in [3.8, 4) is 5.88 Å². The topological polar surface area (TPSA) is 113 Å². The Bertz CT molecular complexity index is 1470.